The summed E-state index contributed by atoms with van der Waals surface area (Å²) in [4.78, 5) is 0. The van der Waals surface area contributed by atoms with Crippen LogP contribution in [0.3, 0.4) is 0 Å². The Morgan fingerprint density at radius 3 is 2.45 bits per heavy atom. The summed E-state index contributed by atoms with van der Waals surface area (Å²) >= 11 is 0. The first-order valence-corrected chi connectivity index (χ1v) is 9.51. The molecule has 0 aliphatic carbocycles. The Morgan fingerprint density at radius 1 is 1.00 bits per heavy atom. The number of hydrogen-bond acceptors (Lipinski definition) is 4. The van der Waals surface area contributed by atoms with Crippen LogP contribution < -0.4 is 21.1 Å². The fourth-order valence-corrected chi connectivity index (χ4v) is 3.91. The molecule has 1 aliphatic rings. The Labute approximate surface area is 170 Å². The zero-order valence-electron chi connectivity index (χ0n) is 16.5. The summed E-state index contributed by atoms with van der Waals surface area (Å²) in [5, 5.41) is 6.49. The van der Waals surface area contributed by atoms with Gasteiger partial charge >= 0.3 is 0 Å². The molecular weight excluding hydrogens is 365 g/mol. The SMILES string of the molecule is COc1ccc(C2(c3cc(F)cc(Nc4ccccc4)c3)C=C(N)NC2)cc1C. The van der Waals surface area contributed by atoms with Crippen molar-refractivity contribution in [1.29, 1.82) is 0 Å². The number of hydrogen-bond donors (Lipinski definition) is 3. The third-order valence-electron chi connectivity index (χ3n) is 5.36. The van der Waals surface area contributed by atoms with E-state index in [-0.39, 0.29) is 5.82 Å². The van der Waals surface area contributed by atoms with E-state index in [0.717, 1.165) is 28.1 Å². The second-order valence-corrected chi connectivity index (χ2v) is 7.33. The van der Waals surface area contributed by atoms with Gasteiger partial charge in [0, 0.05) is 17.9 Å². The highest BCUT2D eigenvalue weighted by Crippen LogP contribution is 2.40. The van der Waals surface area contributed by atoms with Crippen molar-refractivity contribution in [3.63, 3.8) is 0 Å². The van der Waals surface area contributed by atoms with Crippen LogP contribution in [-0.2, 0) is 5.41 Å². The van der Waals surface area contributed by atoms with E-state index in [2.05, 4.69) is 16.7 Å². The summed E-state index contributed by atoms with van der Waals surface area (Å²) < 4.78 is 20.0. The zero-order chi connectivity index (χ0) is 20.4. The maximum Gasteiger partial charge on any atom is 0.125 e. The van der Waals surface area contributed by atoms with Gasteiger partial charge in [-0.05, 0) is 66.1 Å². The van der Waals surface area contributed by atoms with E-state index in [1.54, 1.807) is 13.2 Å². The molecule has 1 heterocycles. The molecule has 1 atom stereocenters. The van der Waals surface area contributed by atoms with Crippen molar-refractivity contribution in [2.75, 3.05) is 19.0 Å². The van der Waals surface area contributed by atoms with Gasteiger partial charge < -0.3 is 21.1 Å². The van der Waals surface area contributed by atoms with Crippen LogP contribution in [0.15, 0.2) is 78.6 Å². The lowest BCUT2D eigenvalue weighted by Crippen LogP contribution is -2.31. The van der Waals surface area contributed by atoms with Crippen LogP contribution in [-0.4, -0.2) is 13.7 Å². The Balaban J connectivity index is 1.81. The molecule has 4 nitrogen and oxygen atoms in total. The summed E-state index contributed by atoms with van der Waals surface area (Å²) in [6, 6.07) is 20.8. The molecule has 0 spiro atoms. The van der Waals surface area contributed by atoms with Gasteiger partial charge in [0.1, 0.15) is 11.6 Å². The van der Waals surface area contributed by atoms with Crippen molar-refractivity contribution >= 4 is 11.4 Å². The number of ether oxygens (including phenoxy) is 1. The van der Waals surface area contributed by atoms with Crippen LogP contribution in [0.25, 0.3) is 0 Å². The van der Waals surface area contributed by atoms with Crippen molar-refractivity contribution in [3.8, 4) is 5.75 Å². The highest BCUT2D eigenvalue weighted by molar-refractivity contribution is 5.63. The molecule has 29 heavy (non-hydrogen) atoms. The Hall–Kier alpha value is -3.47. The molecule has 4 N–H and O–H groups in total. The molecule has 4 rings (SSSR count). The van der Waals surface area contributed by atoms with Gasteiger partial charge in [-0.2, -0.15) is 0 Å². The molecule has 0 aromatic heterocycles. The zero-order valence-corrected chi connectivity index (χ0v) is 16.5. The predicted molar refractivity (Wildman–Crippen MR) is 115 cm³/mol. The molecule has 1 unspecified atom stereocenters. The Bertz CT molecular complexity index is 1060. The minimum absolute atomic E-state index is 0.301. The second-order valence-electron chi connectivity index (χ2n) is 7.33. The van der Waals surface area contributed by atoms with E-state index in [9.17, 15) is 4.39 Å². The molecule has 0 fully saturated rings. The smallest absolute Gasteiger partial charge is 0.125 e. The van der Waals surface area contributed by atoms with Gasteiger partial charge in [-0.15, -0.1) is 0 Å². The quantitative estimate of drug-likeness (QED) is 0.598. The first-order chi connectivity index (χ1) is 14.0. The molecule has 0 saturated heterocycles. The molecule has 0 amide bonds. The lowest BCUT2D eigenvalue weighted by Gasteiger charge is -2.29. The predicted octanol–water partition coefficient (Wildman–Crippen LogP) is 4.58. The van der Waals surface area contributed by atoms with Gasteiger partial charge in [-0.1, -0.05) is 30.3 Å². The first kappa shape index (κ1) is 18.9. The van der Waals surface area contributed by atoms with E-state index >= 15 is 0 Å². The maximum absolute atomic E-state index is 14.6. The number of nitrogens with one attached hydrogen (secondary N) is 2. The number of benzene rings is 3. The van der Waals surface area contributed by atoms with Crippen LogP contribution in [0.1, 0.15) is 16.7 Å². The van der Waals surface area contributed by atoms with Crippen LogP contribution in [0.2, 0.25) is 0 Å². The van der Waals surface area contributed by atoms with Crippen molar-refractivity contribution < 1.29 is 9.13 Å². The number of anilines is 2. The molecule has 0 saturated carbocycles. The summed E-state index contributed by atoms with van der Waals surface area (Å²) in [5.41, 5.74) is 9.98. The van der Waals surface area contributed by atoms with Gasteiger partial charge in [0.05, 0.1) is 18.3 Å². The minimum atomic E-state index is -0.573. The number of para-hydroxylation sites is 1. The van der Waals surface area contributed by atoms with Crippen molar-refractivity contribution in [1.82, 2.24) is 5.32 Å². The molecule has 148 valence electrons. The molecule has 0 bridgehead atoms. The molecule has 0 radical (unpaired) electrons. The van der Waals surface area contributed by atoms with Gasteiger partial charge in [-0.25, -0.2) is 4.39 Å². The van der Waals surface area contributed by atoms with Crippen LogP contribution in [0, 0.1) is 12.7 Å². The molecule has 3 aromatic carbocycles. The monoisotopic (exact) mass is 389 g/mol. The summed E-state index contributed by atoms with van der Waals surface area (Å²) in [6.07, 6.45) is 1.97. The van der Waals surface area contributed by atoms with Crippen molar-refractivity contribution in [2.45, 2.75) is 12.3 Å². The number of halogens is 1. The van der Waals surface area contributed by atoms with E-state index in [1.807, 2.05) is 61.5 Å². The van der Waals surface area contributed by atoms with Crippen molar-refractivity contribution in [3.05, 3.63) is 101 Å². The van der Waals surface area contributed by atoms with E-state index < -0.39 is 5.41 Å². The summed E-state index contributed by atoms with van der Waals surface area (Å²) in [6.45, 7) is 2.55. The maximum atomic E-state index is 14.6. The van der Waals surface area contributed by atoms with Gasteiger partial charge in [0.2, 0.25) is 0 Å². The Kier molecular flexibility index (Phi) is 4.89. The standard InChI is InChI=1S/C24H24FN3O/c1-16-10-17(8-9-22(16)29-2)24(14-23(26)27-15-24)18-11-19(25)13-21(12-18)28-20-6-4-3-5-7-20/h3-14,27-28H,15,26H2,1-2H3. The van der Waals surface area contributed by atoms with Crippen LogP contribution in [0.5, 0.6) is 5.75 Å². The average Bonchev–Trinajstić information content (AvgIpc) is 3.11. The number of aryl methyl sites for hydroxylation is 1. The highest BCUT2D eigenvalue weighted by atomic mass is 19.1. The number of rotatable bonds is 5. The summed E-state index contributed by atoms with van der Waals surface area (Å²) in [5.74, 6) is 1.10. The molecular formula is C24H24FN3O. The van der Waals surface area contributed by atoms with E-state index in [0.29, 0.717) is 18.1 Å². The topological polar surface area (TPSA) is 59.3 Å². The normalized spacial score (nSPS) is 18.1. The van der Waals surface area contributed by atoms with Crippen LogP contribution in [0.4, 0.5) is 15.8 Å². The number of nitrogens with two attached hydrogens (primary N) is 1. The third kappa shape index (κ3) is 3.63. The number of methoxy groups -OCH3 is 1. The van der Waals surface area contributed by atoms with Gasteiger partial charge in [0.25, 0.3) is 0 Å². The minimum Gasteiger partial charge on any atom is -0.496 e. The van der Waals surface area contributed by atoms with Crippen molar-refractivity contribution in [2.24, 2.45) is 5.73 Å². The third-order valence-corrected chi connectivity index (χ3v) is 5.36. The molecule has 1 aliphatic heterocycles. The lowest BCUT2D eigenvalue weighted by atomic mass is 9.75. The lowest BCUT2D eigenvalue weighted by molar-refractivity contribution is 0.411. The first-order valence-electron chi connectivity index (χ1n) is 9.51. The largest absolute Gasteiger partial charge is 0.496 e. The molecule has 5 heteroatoms. The van der Waals surface area contributed by atoms with Gasteiger partial charge in [-0.3, -0.25) is 0 Å². The van der Waals surface area contributed by atoms with Crippen LogP contribution >= 0.6 is 0 Å². The fourth-order valence-electron chi connectivity index (χ4n) is 3.91. The Morgan fingerprint density at radius 2 is 1.79 bits per heavy atom. The fraction of sp³-hybridized carbons (Fsp3) is 0.167. The second kappa shape index (κ2) is 7.51. The van der Waals surface area contributed by atoms with Gasteiger partial charge in [0.15, 0.2) is 0 Å². The van der Waals surface area contributed by atoms with E-state index in [4.69, 9.17) is 10.5 Å². The summed E-state index contributed by atoms with van der Waals surface area (Å²) in [7, 11) is 1.65. The molecule has 3 aromatic rings. The average molecular weight is 389 g/mol. The highest BCUT2D eigenvalue weighted by Gasteiger charge is 2.37. The van der Waals surface area contributed by atoms with E-state index in [1.165, 1.54) is 6.07 Å².